The predicted molar refractivity (Wildman–Crippen MR) is 99.6 cm³/mol. The third-order valence-electron chi connectivity index (χ3n) is 4.22. The number of nitrogens with zero attached hydrogens (tertiary/aromatic N) is 1. The SMILES string of the molecule is C[C@@H](NC(Nc1cc(C(F)(F)F)cc(C(F)(F)F)c1)=C(C#N)S(C)(=O)=O)C(C)(C)C. The Labute approximate surface area is 170 Å². The lowest BCUT2D eigenvalue weighted by atomic mass is 9.88. The van der Waals surface area contributed by atoms with Gasteiger partial charge >= 0.3 is 12.4 Å². The first-order chi connectivity index (χ1) is 13.3. The zero-order valence-electron chi connectivity index (χ0n) is 16.7. The Kier molecular flexibility index (Phi) is 7.15. The number of allylic oxidation sites excluding steroid dienone is 1. The van der Waals surface area contributed by atoms with E-state index in [-0.39, 0.29) is 6.07 Å². The van der Waals surface area contributed by atoms with Crippen LogP contribution in [0.5, 0.6) is 0 Å². The van der Waals surface area contributed by atoms with Gasteiger partial charge in [-0.15, -0.1) is 0 Å². The third-order valence-corrected chi connectivity index (χ3v) is 5.25. The van der Waals surface area contributed by atoms with Crippen LogP contribution < -0.4 is 10.6 Å². The Morgan fingerprint density at radius 2 is 1.43 bits per heavy atom. The normalized spacial score (nSPS) is 15.1. The minimum absolute atomic E-state index is 0.0540. The van der Waals surface area contributed by atoms with Gasteiger partial charge in [0, 0.05) is 18.0 Å². The minimum Gasteiger partial charge on any atom is -0.367 e. The van der Waals surface area contributed by atoms with Crippen molar-refractivity contribution in [3.05, 3.63) is 40.1 Å². The van der Waals surface area contributed by atoms with Gasteiger partial charge in [-0.1, -0.05) is 20.8 Å². The molecule has 0 unspecified atom stereocenters. The molecule has 2 N–H and O–H groups in total. The summed E-state index contributed by atoms with van der Waals surface area (Å²) in [6.45, 7) is 6.91. The molecule has 0 heterocycles. The highest BCUT2D eigenvalue weighted by atomic mass is 32.2. The molecule has 12 heteroatoms. The monoisotopic (exact) mass is 457 g/mol. The van der Waals surface area contributed by atoms with Crippen LogP contribution in [0.15, 0.2) is 28.9 Å². The van der Waals surface area contributed by atoms with Gasteiger partial charge in [0.25, 0.3) is 0 Å². The van der Waals surface area contributed by atoms with Gasteiger partial charge in [-0.2, -0.15) is 31.6 Å². The molecule has 0 bridgehead atoms. The Hall–Kier alpha value is -2.42. The van der Waals surface area contributed by atoms with Crippen LogP contribution in [0.25, 0.3) is 0 Å². The van der Waals surface area contributed by atoms with Gasteiger partial charge in [-0.3, -0.25) is 0 Å². The number of alkyl halides is 6. The van der Waals surface area contributed by atoms with Gasteiger partial charge in [-0.05, 0) is 30.5 Å². The average molecular weight is 457 g/mol. The van der Waals surface area contributed by atoms with Crippen molar-refractivity contribution in [1.29, 1.82) is 5.26 Å². The molecule has 168 valence electrons. The first kappa shape index (κ1) is 25.6. The molecule has 0 saturated heterocycles. The molecule has 1 rings (SSSR count). The fourth-order valence-corrected chi connectivity index (χ4v) is 2.73. The zero-order valence-corrected chi connectivity index (χ0v) is 17.6. The summed E-state index contributed by atoms with van der Waals surface area (Å²) in [5.41, 5.74) is -4.34. The molecule has 0 aliphatic heterocycles. The molecule has 1 aromatic rings. The molecule has 1 aromatic carbocycles. The molecule has 0 aliphatic carbocycles. The summed E-state index contributed by atoms with van der Waals surface area (Å²) < 4.78 is 102. The molecular weight excluding hydrogens is 436 g/mol. The van der Waals surface area contributed by atoms with Crippen molar-refractivity contribution in [2.45, 2.75) is 46.1 Å². The second-order valence-corrected chi connectivity index (χ2v) is 9.69. The molecule has 30 heavy (non-hydrogen) atoms. The van der Waals surface area contributed by atoms with Crippen LogP contribution in [0.4, 0.5) is 32.0 Å². The van der Waals surface area contributed by atoms with Crippen LogP contribution in [-0.4, -0.2) is 20.7 Å². The second-order valence-electron chi connectivity index (χ2n) is 7.74. The van der Waals surface area contributed by atoms with Crippen LogP contribution >= 0.6 is 0 Å². The van der Waals surface area contributed by atoms with Crippen molar-refractivity contribution in [3.8, 4) is 6.07 Å². The molecule has 0 amide bonds. The number of benzene rings is 1. The summed E-state index contributed by atoms with van der Waals surface area (Å²) in [5, 5.41) is 14.2. The van der Waals surface area contributed by atoms with E-state index in [4.69, 9.17) is 0 Å². The Bertz CT molecular complexity index is 935. The Balaban J connectivity index is 3.68. The standard InChI is InChI=1S/C18H21F6N3O2S/c1-10(16(2,3)4)26-15(14(9-25)30(5,28)29)27-13-7-11(17(19,20)21)6-12(8-13)18(22,23)24/h6-8,10,26-27H,1-5H3/t10-/m1/s1. The van der Waals surface area contributed by atoms with E-state index in [2.05, 4.69) is 10.6 Å². The van der Waals surface area contributed by atoms with Gasteiger partial charge in [-0.25, -0.2) is 8.42 Å². The van der Waals surface area contributed by atoms with E-state index in [0.717, 1.165) is 0 Å². The highest BCUT2D eigenvalue weighted by Crippen LogP contribution is 2.38. The maximum absolute atomic E-state index is 13.1. The van der Waals surface area contributed by atoms with Crippen LogP contribution in [0.3, 0.4) is 0 Å². The molecule has 0 aliphatic rings. The molecule has 0 aromatic heterocycles. The third kappa shape index (κ3) is 6.83. The number of rotatable bonds is 5. The van der Waals surface area contributed by atoms with Crippen LogP contribution in [0.2, 0.25) is 0 Å². The number of hydrogen-bond acceptors (Lipinski definition) is 5. The maximum Gasteiger partial charge on any atom is 0.416 e. The fraction of sp³-hybridized carbons (Fsp3) is 0.500. The number of sulfone groups is 1. The van der Waals surface area contributed by atoms with E-state index in [1.165, 1.54) is 6.07 Å². The molecule has 0 fully saturated rings. The highest BCUT2D eigenvalue weighted by Gasteiger charge is 2.37. The summed E-state index contributed by atoms with van der Waals surface area (Å²) in [6.07, 6.45) is -9.46. The van der Waals surface area contributed by atoms with Crippen LogP contribution in [0.1, 0.15) is 38.8 Å². The van der Waals surface area contributed by atoms with Gasteiger partial charge in [0.05, 0.1) is 11.1 Å². The van der Waals surface area contributed by atoms with E-state index >= 15 is 0 Å². The van der Waals surface area contributed by atoms with E-state index in [1.807, 2.05) is 0 Å². The summed E-state index contributed by atoms with van der Waals surface area (Å²) in [7, 11) is -4.15. The smallest absolute Gasteiger partial charge is 0.367 e. The van der Waals surface area contributed by atoms with Crippen molar-refractivity contribution in [3.63, 3.8) is 0 Å². The molecule has 0 radical (unpaired) electrons. The Morgan fingerprint density at radius 1 is 1.00 bits per heavy atom. The first-order valence-corrected chi connectivity index (χ1v) is 10.3. The van der Waals surface area contributed by atoms with E-state index < -0.39 is 61.2 Å². The van der Waals surface area contributed by atoms with Crippen LogP contribution in [0, 0.1) is 16.7 Å². The maximum atomic E-state index is 13.1. The van der Waals surface area contributed by atoms with Crippen LogP contribution in [-0.2, 0) is 22.2 Å². The largest absolute Gasteiger partial charge is 0.416 e. The van der Waals surface area contributed by atoms with Gasteiger partial charge in [0.1, 0.15) is 11.9 Å². The number of hydrogen-bond donors (Lipinski definition) is 2. The second kappa shape index (κ2) is 8.37. The molecule has 0 spiro atoms. The van der Waals surface area contributed by atoms with Crippen molar-refractivity contribution in [2.24, 2.45) is 5.41 Å². The van der Waals surface area contributed by atoms with E-state index in [1.54, 1.807) is 27.7 Å². The van der Waals surface area contributed by atoms with Gasteiger partial charge < -0.3 is 10.6 Å². The summed E-state index contributed by atoms with van der Waals surface area (Å²) in [5.74, 6) is -0.519. The van der Waals surface area contributed by atoms with Crippen molar-refractivity contribution < 1.29 is 34.8 Å². The lowest BCUT2D eigenvalue weighted by molar-refractivity contribution is -0.143. The number of halogens is 6. The number of nitrogens with one attached hydrogen (secondary N) is 2. The lowest BCUT2D eigenvalue weighted by Crippen LogP contribution is -2.40. The molecule has 1 atom stereocenters. The Morgan fingerprint density at radius 3 is 1.73 bits per heavy atom. The first-order valence-electron chi connectivity index (χ1n) is 8.44. The lowest BCUT2D eigenvalue weighted by Gasteiger charge is -2.30. The quantitative estimate of drug-likeness (QED) is 0.486. The van der Waals surface area contributed by atoms with Gasteiger partial charge in [0.2, 0.25) is 0 Å². The van der Waals surface area contributed by atoms with Crippen molar-refractivity contribution >= 4 is 15.5 Å². The number of anilines is 1. The average Bonchev–Trinajstić information content (AvgIpc) is 2.51. The van der Waals surface area contributed by atoms with Crippen molar-refractivity contribution in [2.75, 3.05) is 11.6 Å². The molecular formula is C18H21F6N3O2S. The molecule has 0 saturated carbocycles. The summed E-state index contributed by atoms with van der Waals surface area (Å²) in [6, 6.07) is 1.66. The summed E-state index contributed by atoms with van der Waals surface area (Å²) >= 11 is 0. The minimum atomic E-state index is -5.08. The summed E-state index contributed by atoms with van der Waals surface area (Å²) in [4.78, 5) is -0.857. The van der Waals surface area contributed by atoms with Crippen molar-refractivity contribution in [1.82, 2.24) is 5.32 Å². The van der Waals surface area contributed by atoms with E-state index in [0.29, 0.717) is 18.4 Å². The molecule has 5 nitrogen and oxygen atoms in total. The van der Waals surface area contributed by atoms with E-state index in [9.17, 15) is 40.0 Å². The van der Waals surface area contributed by atoms with Gasteiger partial charge in [0.15, 0.2) is 14.7 Å². The number of nitriles is 1. The fourth-order valence-electron chi connectivity index (χ4n) is 2.09. The predicted octanol–water partition coefficient (Wildman–Crippen LogP) is 4.90. The topological polar surface area (TPSA) is 82.0 Å². The highest BCUT2D eigenvalue weighted by molar-refractivity contribution is 7.94. The zero-order chi connectivity index (χ0) is 23.7.